The molecule has 192 valence electrons. The highest BCUT2D eigenvalue weighted by Crippen LogP contribution is 2.43. The van der Waals surface area contributed by atoms with Crippen LogP contribution in [-0.2, 0) is 24.1 Å². The number of rotatable bonds is 8. The van der Waals surface area contributed by atoms with E-state index < -0.39 is 0 Å². The Morgan fingerprint density at radius 1 is 1.22 bits per heavy atom. The van der Waals surface area contributed by atoms with Gasteiger partial charge < -0.3 is 15.0 Å². The van der Waals surface area contributed by atoms with E-state index in [-0.39, 0.29) is 23.3 Å². The summed E-state index contributed by atoms with van der Waals surface area (Å²) in [6.07, 6.45) is 5.11. The van der Waals surface area contributed by atoms with Gasteiger partial charge in [-0.1, -0.05) is 25.1 Å². The third kappa shape index (κ3) is 4.46. The highest BCUT2D eigenvalue weighted by molar-refractivity contribution is 5.99. The molecule has 2 N–H and O–H groups in total. The minimum atomic E-state index is -0.0972. The fraction of sp³-hybridized carbons (Fsp3) is 0.433. The number of aromatic amines is 1. The van der Waals surface area contributed by atoms with E-state index in [1.165, 1.54) is 11.3 Å². The van der Waals surface area contributed by atoms with E-state index in [1.54, 1.807) is 7.11 Å². The van der Waals surface area contributed by atoms with Crippen LogP contribution in [0, 0.1) is 5.41 Å². The lowest BCUT2D eigenvalue weighted by Crippen LogP contribution is -2.27. The molecule has 0 bridgehead atoms. The maximum Gasteiger partial charge on any atom is 0.255 e. The Morgan fingerprint density at radius 2 is 2.00 bits per heavy atom. The Balaban J connectivity index is 1.18. The van der Waals surface area contributed by atoms with Crippen molar-refractivity contribution in [2.75, 3.05) is 13.7 Å². The van der Waals surface area contributed by atoms with Crippen LogP contribution in [0.3, 0.4) is 0 Å². The number of nitrogens with one attached hydrogen (secondary N) is 2. The molecule has 1 aromatic heterocycles. The maximum atomic E-state index is 13.3. The minimum absolute atomic E-state index is 0.0252. The number of hydrogen-bond donors (Lipinski definition) is 2. The molecular weight excluding hydrogens is 464 g/mol. The standard InChI is InChI=1S/C30H34N4O3/c1-18(19-4-6-20(7-5-19)28(35)31-23-9-10-23)34-17-22-14-21(8-11-24(22)29(34)36)27-25-15-30(2,12-13-37-3)16-26(25)32-33-27/h4-8,11,14,18,23H,9-10,12-13,15-17H2,1-3H3,(H,31,35)(H,32,33)/t18-,30?/m1/s1. The first-order chi connectivity index (χ1) is 17.8. The van der Waals surface area contributed by atoms with E-state index in [9.17, 15) is 9.59 Å². The number of H-pyrrole nitrogens is 1. The second kappa shape index (κ2) is 9.14. The number of hydrogen-bond acceptors (Lipinski definition) is 4. The summed E-state index contributed by atoms with van der Waals surface area (Å²) in [6, 6.07) is 14.0. The molecule has 37 heavy (non-hydrogen) atoms. The van der Waals surface area contributed by atoms with Crippen molar-refractivity contribution in [1.29, 1.82) is 0 Å². The monoisotopic (exact) mass is 498 g/mol. The Labute approximate surface area is 217 Å². The first-order valence-electron chi connectivity index (χ1n) is 13.3. The average molecular weight is 499 g/mol. The summed E-state index contributed by atoms with van der Waals surface area (Å²) in [5.74, 6) is 0.0201. The van der Waals surface area contributed by atoms with Crippen LogP contribution in [0.25, 0.3) is 11.3 Å². The van der Waals surface area contributed by atoms with E-state index >= 15 is 0 Å². The van der Waals surface area contributed by atoms with Crippen molar-refractivity contribution in [3.63, 3.8) is 0 Å². The zero-order valence-corrected chi connectivity index (χ0v) is 21.8. The highest BCUT2D eigenvalue weighted by Gasteiger charge is 2.37. The number of methoxy groups -OCH3 is 1. The lowest BCUT2D eigenvalue weighted by atomic mass is 9.84. The molecule has 3 aliphatic rings. The Morgan fingerprint density at radius 3 is 2.73 bits per heavy atom. The van der Waals surface area contributed by atoms with E-state index in [0.29, 0.717) is 18.2 Å². The molecule has 3 aromatic rings. The first kappa shape index (κ1) is 23.9. The quantitative estimate of drug-likeness (QED) is 0.466. The zero-order valence-electron chi connectivity index (χ0n) is 21.8. The third-order valence-corrected chi connectivity index (χ3v) is 8.32. The minimum Gasteiger partial charge on any atom is -0.385 e. The average Bonchev–Trinajstić information content (AvgIpc) is 3.42. The van der Waals surface area contributed by atoms with Crippen LogP contribution in [0.2, 0.25) is 0 Å². The number of fused-ring (bicyclic) bond motifs is 2. The van der Waals surface area contributed by atoms with Gasteiger partial charge in [0.15, 0.2) is 0 Å². The maximum absolute atomic E-state index is 13.3. The molecule has 0 radical (unpaired) electrons. The van der Waals surface area contributed by atoms with Crippen LogP contribution < -0.4 is 5.32 Å². The summed E-state index contributed by atoms with van der Waals surface area (Å²) in [7, 11) is 1.75. The van der Waals surface area contributed by atoms with Crippen LogP contribution >= 0.6 is 0 Å². The number of carbonyl (C=O) groups excluding carboxylic acids is 2. The second-order valence-corrected chi connectivity index (χ2v) is 11.3. The van der Waals surface area contributed by atoms with Crippen molar-refractivity contribution in [2.45, 2.75) is 64.6 Å². The molecule has 2 aliphatic carbocycles. The van der Waals surface area contributed by atoms with Gasteiger partial charge in [0.2, 0.25) is 0 Å². The zero-order chi connectivity index (χ0) is 25.7. The molecule has 1 aliphatic heterocycles. The van der Waals surface area contributed by atoms with Gasteiger partial charge in [-0.2, -0.15) is 5.10 Å². The summed E-state index contributed by atoms with van der Waals surface area (Å²) >= 11 is 0. The molecule has 2 heterocycles. The van der Waals surface area contributed by atoms with E-state index in [2.05, 4.69) is 28.5 Å². The Hall–Kier alpha value is -3.45. The fourth-order valence-corrected chi connectivity index (χ4v) is 5.81. The van der Waals surface area contributed by atoms with E-state index in [0.717, 1.165) is 66.7 Å². The molecular formula is C30H34N4O3. The molecule has 1 saturated carbocycles. The Kier molecular flexibility index (Phi) is 5.91. The normalized spacial score (nSPS) is 21.2. The summed E-state index contributed by atoms with van der Waals surface area (Å²) < 4.78 is 5.33. The lowest BCUT2D eigenvalue weighted by Gasteiger charge is -2.24. The number of amides is 2. The molecule has 1 unspecified atom stereocenters. The van der Waals surface area contributed by atoms with Crippen LogP contribution in [-0.4, -0.2) is 46.7 Å². The Bertz CT molecular complexity index is 1360. The molecule has 6 rings (SSSR count). The molecule has 0 spiro atoms. The number of carbonyl (C=O) groups is 2. The van der Waals surface area contributed by atoms with Gasteiger partial charge in [-0.3, -0.25) is 14.7 Å². The van der Waals surface area contributed by atoms with Gasteiger partial charge in [-0.15, -0.1) is 0 Å². The van der Waals surface area contributed by atoms with Gasteiger partial charge in [-0.25, -0.2) is 0 Å². The fourth-order valence-electron chi connectivity index (χ4n) is 5.81. The van der Waals surface area contributed by atoms with E-state index in [4.69, 9.17) is 4.74 Å². The first-order valence-corrected chi connectivity index (χ1v) is 13.3. The van der Waals surface area contributed by atoms with Gasteiger partial charge in [0.1, 0.15) is 0 Å². The predicted molar refractivity (Wildman–Crippen MR) is 141 cm³/mol. The molecule has 2 atom stereocenters. The lowest BCUT2D eigenvalue weighted by molar-refractivity contribution is 0.0715. The molecule has 7 nitrogen and oxygen atoms in total. The van der Waals surface area contributed by atoms with Crippen LogP contribution in [0.15, 0.2) is 42.5 Å². The van der Waals surface area contributed by atoms with Crippen molar-refractivity contribution in [3.8, 4) is 11.3 Å². The molecule has 1 fully saturated rings. The van der Waals surface area contributed by atoms with Gasteiger partial charge in [0, 0.05) is 54.3 Å². The molecule has 7 heteroatoms. The number of benzene rings is 2. The number of aromatic nitrogens is 2. The largest absolute Gasteiger partial charge is 0.385 e. The van der Waals surface area contributed by atoms with Gasteiger partial charge in [0.25, 0.3) is 11.8 Å². The van der Waals surface area contributed by atoms with Crippen LogP contribution in [0.5, 0.6) is 0 Å². The van der Waals surface area contributed by atoms with Crippen molar-refractivity contribution in [2.24, 2.45) is 5.41 Å². The third-order valence-electron chi connectivity index (χ3n) is 8.32. The second-order valence-electron chi connectivity index (χ2n) is 11.3. The van der Waals surface area contributed by atoms with Crippen molar-refractivity contribution in [3.05, 3.63) is 76.0 Å². The number of ether oxygens (including phenoxy) is 1. The van der Waals surface area contributed by atoms with E-state index in [1.807, 2.05) is 48.2 Å². The molecule has 2 aromatic carbocycles. The summed E-state index contributed by atoms with van der Waals surface area (Å²) in [5.41, 5.74) is 8.21. The predicted octanol–water partition coefficient (Wildman–Crippen LogP) is 4.83. The number of nitrogens with zero attached hydrogens (tertiary/aromatic N) is 2. The topological polar surface area (TPSA) is 87.3 Å². The van der Waals surface area contributed by atoms with Crippen molar-refractivity contribution >= 4 is 11.8 Å². The molecule has 2 amide bonds. The summed E-state index contributed by atoms with van der Waals surface area (Å²) in [4.78, 5) is 27.5. The van der Waals surface area contributed by atoms with Crippen molar-refractivity contribution < 1.29 is 14.3 Å². The van der Waals surface area contributed by atoms with Gasteiger partial charge in [-0.05, 0) is 79.8 Å². The highest BCUT2D eigenvalue weighted by atomic mass is 16.5. The van der Waals surface area contributed by atoms with Crippen LogP contribution in [0.4, 0.5) is 0 Å². The molecule has 0 saturated heterocycles. The SMILES string of the molecule is COCCC1(C)Cc2[nH]nc(-c3ccc4c(c3)CN([C@H](C)c3ccc(C(=O)NC5CC5)cc3)C4=O)c2C1. The van der Waals surface area contributed by atoms with Crippen LogP contribution in [0.1, 0.15) is 82.3 Å². The van der Waals surface area contributed by atoms with Crippen molar-refractivity contribution in [1.82, 2.24) is 20.4 Å². The van der Waals surface area contributed by atoms with Gasteiger partial charge in [0.05, 0.1) is 11.7 Å². The smallest absolute Gasteiger partial charge is 0.255 e. The van der Waals surface area contributed by atoms with Gasteiger partial charge >= 0.3 is 0 Å². The summed E-state index contributed by atoms with van der Waals surface area (Å²) in [5, 5.41) is 10.9. The summed E-state index contributed by atoms with van der Waals surface area (Å²) in [6.45, 7) is 5.68.